The van der Waals surface area contributed by atoms with Crippen LogP contribution < -0.4 is 4.74 Å². The Kier molecular flexibility index (Phi) is 3.63. The maximum absolute atomic E-state index is 12.0. The van der Waals surface area contributed by atoms with Crippen LogP contribution in [0.3, 0.4) is 0 Å². The van der Waals surface area contributed by atoms with Crippen LogP contribution in [0.25, 0.3) is 11.0 Å². The molecule has 2 N–H and O–H groups in total. The second-order valence-electron chi connectivity index (χ2n) is 5.48. The predicted molar refractivity (Wildman–Crippen MR) is 77.0 cm³/mol. The summed E-state index contributed by atoms with van der Waals surface area (Å²) in [5.74, 6) is 0.382. The number of carbonyl (C=O) groups excluding carboxylic acids is 1. The third-order valence-electron chi connectivity index (χ3n) is 2.73. The molecule has 106 valence electrons. The zero-order valence-electron chi connectivity index (χ0n) is 11.9. The average Bonchev–Trinajstić information content (AvgIpc) is 2.77. The highest BCUT2D eigenvalue weighted by atomic mass is 16.5. The van der Waals surface area contributed by atoms with Crippen LogP contribution in [-0.4, -0.2) is 33.1 Å². The second-order valence-corrected chi connectivity index (χ2v) is 5.48. The van der Waals surface area contributed by atoms with Crippen LogP contribution >= 0.6 is 0 Å². The van der Waals surface area contributed by atoms with Gasteiger partial charge in [0, 0.05) is 17.1 Å². The topological polar surface area (TPSA) is 75.2 Å². The molecule has 0 aliphatic carbocycles. The molecule has 0 saturated heterocycles. The fourth-order valence-electron chi connectivity index (χ4n) is 1.74. The summed E-state index contributed by atoms with van der Waals surface area (Å²) in [5, 5.41) is 10.3. The molecule has 0 aliphatic rings. The number of aromatic amines is 1. The Labute approximate surface area is 117 Å². The summed E-state index contributed by atoms with van der Waals surface area (Å²) in [6, 6.07) is 1.74. The molecule has 2 aromatic heterocycles. The minimum absolute atomic E-state index is 0.127. The number of aliphatic hydroxyl groups is 1. The van der Waals surface area contributed by atoms with Crippen LogP contribution in [0, 0.1) is 0 Å². The number of nitrogens with zero attached hydrogens (tertiary/aromatic N) is 1. The molecule has 2 rings (SSSR count). The number of ketones is 1. The zero-order valence-corrected chi connectivity index (χ0v) is 11.9. The molecule has 0 aliphatic heterocycles. The van der Waals surface area contributed by atoms with Crippen molar-refractivity contribution in [2.45, 2.75) is 26.4 Å². The first-order valence-electron chi connectivity index (χ1n) is 6.30. The third kappa shape index (κ3) is 3.05. The number of fused-ring (bicyclic) bond motifs is 1. The molecule has 0 saturated carbocycles. The number of pyridine rings is 1. The molecule has 5 nitrogen and oxygen atoms in total. The number of allylic oxidation sites excluding steroid dienone is 1. The quantitative estimate of drug-likeness (QED) is 0.648. The molecule has 0 radical (unpaired) electrons. The van der Waals surface area contributed by atoms with E-state index >= 15 is 0 Å². The van der Waals surface area contributed by atoms with Crippen LogP contribution in [0.15, 0.2) is 30.6 Å². The van der Waals surface area contributed by atoms with Crippen LogP contribution in [0.2, 0.25) is 0 Å². The van der Waals surface area contributed by atoms with Gasteiger partial charge in [0.2, 0.25) is 0 Å². The van der Waals surface area contributed by atoms with Crippen molar-refractivity contribution in [2.24, 2.45) is 0 Å². The Morgan fingerprint density at radius 1 is 1.55 bits per heavy atom. The largest absolute Gasteiger partial charge is 0.489 e. The van der Waals surface area contributed by atoms with Gasteiger partial charge in [0.15, 0.2) is 5.78 Å². The number of hydrogen-bond donors (Lipinski definition) is 2. The normalized spacial score (nSPS) is 11.6. The molecular weight excluding hydrogens is 256 g/mol. The molecule has 0 bridgehead atoms. The van der Waals surface area contributed by atoms with Gasteiger partial charge in [-0.3, -0.25) is 4.79 Å². The van der Waals surface area contributed by atoms with Crippen molar-refractivity contribution in [2.75, 3.05) is 6.61 Å². The van der Waals surface area contributed by atoms with Gasteiger partial charge in [-0.1, -0.05) is 6.58 Å². The lowest BCUT2D eigenvalue weighted by molar-refractivity contribution is 0.0284. The van der Waals surface area contributed by atoms with Gasteiger partial charge >= 0.3 is 0 Å². The van der Waals surface area contributed by atoms with E-state index in [0.717, 1.165) is 0 Å². The Morgan fingerprint density at radius 3 is 2.85 bits per heavy atom. The Balaban J connectivity index is 2.34. The lowest BCUT2D eigenvalue weighted by atomic mass is 10.1. The number of hydrogen-bond acceptors (Lipinski definition) is 4. The van der Waals surface area contributed by atoms with Crippen molar-refractivity contribution in [1.82, 2.24) is 9.97 Å². The van der Waals surface area contributed by atoms with E-state index in [-0.39, 0.29) is 12.4 Å². The first kappa shape index (κ1) is 14.3. The van der Waals surface area contributed by atoms with Crippen LogP contribution in [0.4, 0.5) is 0 Å². The summed E-state index contributed by atoms with van der Waals surface area (Å²) in [7, 11) is 0. The molecule has 0 spiro atoms. The Hall–Kier alpha value is -2.14. The minimum atomic E-state index is -0.927. The first-order valence-corrected chi connectivity index (χ1v) is 6.30. The fraction of sp³-hybridized carbons (Fsp3) is 0.333. The van der Waals surface area contributed by atoms with Crippen LogP contribution in [0.5, 0.6) is 5.75 Å². The van der Waals surface area contributed by atoms with Gasteiger partial charge in [0.05, 0.1) is 11.8 Å². The summed E-state index contributed by atoms with van der Waals surface area (Å²) in [6.45, 7) is 8.79. The van der Waals surface area contributed by atoms with Gasteiger partial charge in [-0.15, -0.1) is 0 Å². The van der Waals surface area contributed by atoms with Crippen LogP contribution in [-0.2, 0) is 0 Å². The van der Waals surface area contributed by atoms with Gasteiger partial charge in [0.25, 0.3) is 0 Å². The van der Waals surface area contributed by atoms with E-state index < -0.39 is 5.60 Å². The number of Topliss-reactive ketones (excluding diaryl/α,β-unsaturated/α-hetero) is 1. The highest BCUT2D eigenvalue weighted by molar-refractivity contribution is 6.15. The maximum atomic E-state index is 12.0. The van der Waals surface area contributed by atoms with Gasteiger partial charge in [-0.05, 0) is 32.4 Å². The van der Waals surface area contributed by atoms with Crippen molar-refractivity contribution in [1.29, 1.82) is 0 Å². The van der Waals surface area contributed by atoms with Gasteiger partial charge < -0.3 is 14.8 Å². The Morgan fingerprint density at radius 2 is 2.25 bits per heavy atom. The number of carbonyl (C=O) groups is 1. The average molecular weight is 274 g/mol. The molecular formula is C15H18N2O3. The first-order chi connectivity index (χ1) is 9.28. The van der Waals surface area contributed by atoms with Crippen LogP contribution in [0.1, 0.15) is 31.1 Å². The molecule has 0 fully saturated rings. The minimum Gasteiger partial charge on any atom is -0.489 e. The third-order valence-corrected chi connectivity index (χ3v) is 2.73. The van der Waals surface area contributed by atoms with Gasteiger partial charge in [-0.25, -0.2) is 4.98 Å². The highest BCUT2D eigenvalue weighted by Crippen LogP contribution is 2.23. The van der Waals surface area contributed by atoms with Crippen molar-refractivity contribution in [3.63, 3.8) is 0 Å². The monoisotopic (exact) mass is 274 g/mol. The number of H-pyrrole nitrogens is 1. The van der Waals surface area contributed by atoms with E-state index in [9.17, 15) is 9.90 Å². The lowest BCUT2D eigenvalue weighted by Gasteiger charge is -2.17. The van der Waals surface area contributed by atoms with Crippen molar-refractivity contribution < 1.29 is 14.6 Å². The molecule has 0 unspecified atom stereocenters. The van der Waals surface area contributed by atoms with Crippen molar-refractivity contribution in [3.05, 3.63) is 36.2 Å². The standard InChI is InChI=1S/C15H18N2O3/c1-9(2)13(18)12-7-17-14-11(12)5-10(6-16-14)20-8-15(3,4)19/h5-7,19H,1,8H2,2-4H3,(H,16,17). The van der Waals surface area contributed by atoms with Gasteiger partial charge in [-0.2, -0.15) is 0 Å². The van der Waals surface area contributed by atoms with E-state index in [1.54, 1.807) is 39.2 Å². The number of ether oxygens (including phenoxy) is 1. The molecule has 20 heavy (non-hydrogen) atoms. The summed E-state index contributed by atoms with van der Waals surface area (Å²) in [6.07, 6.45) is 3.17. The second kappa shape index (κ2) is 5.09. The van der Waals surface area contributed by atoms with Crippen molar-refractivity contribution in [3.8, 4) is 5.75 Å². The number of aromatic nitrogens is 2. The summed E-state index contributed by atoms with van der Waals surface area (Å²) in [5.41, 5.74) is 0.677. The predicted octanol–water partition coefficient (Wildman–Crippen LogP) is 2.47. The molecule has 2 heterocycles. The molecule has 5 heteroatoms. The van der Waals surface area contributed by atoms with E-state index in [0.29, 0.717) is 27.9 Å². The zero-order chi connectivity index (χ0) is 14.9. The van der Waals surface area contributed by atoms with E-state index in [1.807, 2.05) is 0 Å². The molecule has 0 aromatic carbocycles. The van der Waals surface area contributed by atoms with E-state index in [4.69, 9.17) is 4.74 Å². The number of rotatable bonds is 5. The highest BCUT2D eigenvalue weighted by Gasteiger charge is 2.16. The molecule has 2 aromatic rings. The summed E-state index contributed by atoms with van der Waals surface area (Å²) >= 11 is 0. The number of nitrogens with one attached hydrogen (secondary N) is 1. The lowest BCUT2D eigenvalue weighted by Crippen LogP contribution is -2.27. The van der Waals surface area contributed by atoms with Gasteiger partial charge in [0.1, 0.15) is 18.0 Å². The maximum Gasteiger partial charge on any atom is 0.190 e. The smallest absolute Gasteiger partial charge is 0.190 e. The van der Waals surface area contributed by atoms with E-state index in [1.165, 1.54) is 0 Å². The Bertz CT molecular complexity index is 665. The summed E-state index contributed by atoms with van der Waals surface area (Å²) < 4.78 is 5.48. The molecule has 0 amide bonds. The molecule has 0 atom stereocenters. The summed E-state index contributed by atoms with van der Waals surface area (Å²) in [4.78, 5) is 19.2. The fourth-order valence-corrected chi connectivity index (χ4v) is 1.74. The SMILES string of the molecule is C=C(C)C(=O)c1c[nH]c2ncc(OCC(C)(C)O)cc12. The van der Waals surface area contributed by atoms with E-state index in [2.05, 4.69) is 16.5 Å². The van der Waals surface area contributed by atoms with Crippen molar-refractivity contribution >= 4 is 16.8 Å².